The van der Waals surface area contributed by atoms with Gasteiger partial charge in [0.15, 0.2) is 0 Å². The predicted octanol–water partition coefficient (Wildman–Crippen LogP) is 2.37. The van der Waals surface area contributed by atoms with Crippen molar-refractivity contribution in [2.24, 2.45) is 23.2 Å². The van der Waals surface area contributed by atoms with Crippen molar-refractivity contribution in [1.29, 1.82) is 0 Å². The highest BCUT2D eigenvalue weighted by Crippen LogP contribution is 2.57. The lowest BCUT2D eigenvalue weighted by Crippen LogP contribution is -2.35. The normalized spacial score (nSPS) is 49.2. The molecule has 3 aliphatic rings. The first-order valence-corrected chi connectivity index (χ1v) is 5.81. The van der Waals surface area contributed by atoms with E-state index in [9.17, 15) is 0 Å². The van der Waals surface area contributed by atoms with Crippen molar-refractivity contribution in [3.8, 4) is 0 Å². The molecule has 2 saturated heterocycles. The molecule has 1 saturated carbocycles. The van der Waals surface area contributed by atoms with Crippen molar-refractivity contribution in [3.63, 3.8) is 0 Å². The molecule has 0 aromatic carbocycles. The number of hydrogen-bond donors (Lipinski definition) is 0. The van der Waals surface area contributed by atoms with Gasteiger partial charge < -0.3 is 0 Å². The van der Waals surface area contributed by atoms with Crippen LogP contribution in [0.3, 0.4) is 0 Å². The number of rotatable bonds is 0. The molecule has 3 fully saturated rings. The summed E-state index contributed by atoms with van der Waals surface area (Å²) < 4.78 is 0. The van der Waals surface area contributed by atoms with Gasteiger partial charge in [-0.2, -0.15) is 0 Å². The van der Waals surface area contributed by atoms with Crippen molar-refractivity contribution in [2.45, 2.75) is 39.7 Å². The zero-order valence-corrected chi connectivity index (χ0v) is 9.09. The SMILES string of the molecule is CC(C)(C)C1CCN2CC3CC3C12. The Morgan fingerprint density at radius 3 is 2.69 bits per heavy atom. The highest BCUT2D eigenvalue weighted by molar-refractivity contribution is 5.10. The van der Waals surface area contributed by atoms with Crippen LogP contribution in [0.5, 0.6) is 0 Å². The molecule has 4 atom stereocenters. The summed E-state index contributed by atoms with van der Waals surface area (Å²) >= 11 is 0. The van der Waals surface area contributed by atoms with Gasteiger partial charge in [0.2, 0.25) is 0 Å². The lowest BCUT2D eigenvalue weighted by Gasteiger charge is -2.33. The van der Waals surface area contributed by atoms with Gasteiger partial charge in [0, 0.05) is 12.6 Å². The van der Waals surface area contributed by atoms with E-state index in [4.69, 9.17) is 0 Å². The fourth-order valence-electron chi connectivity index (χ4n) is 3.81. The maximum absolute atomic E-state index is 2.77. The van der Waals surface area contributed by atoms with E-state index in [-0.39, 0.29) is 0 Å². The molecule has 2 heterocycles. The molecule has 13 heavy (non-hydrogen) atoms. The summed E-state index contributed by atoms with van der Waals surface area (Å²) in [5.41, 5.74) is 0.539. The first-order chi connectivity index (χ1) is 6.07. The molecule has 0 radical (unpaired) electrons. The monoisotopic (exact) mass is 179 g/mol. The topological polar surface area (TPSA) is 3.24 Å². The second kappa shape index (κ2) is 2.31. The molecular weight excluding hydrogens is 158 g/mol. The summed E-state index contributed by atoms with van der Waals surface area (Å²) in [4.78, 5) is 2.77. The number of hydrogen-bond acceptors (Lipinski definition) is 1. The molecule has 0 spiro atoms. The molecule has 3 rings (SSSR count). The highest BCUT2D eigenvalue weighted by Gasteiger charge is 2.58. The van der Waals surface area contributed by atoms with E-state index in [1.54, 1.807) is 6.42 Å². The molecule has 0 aromatic heterocycles. The molecule has 0 N–H and O–H groups in total. The zero-order valence-electron chi connectivity index (χ0n) is 9.09. The van der Waals surface area contributed by atoms with Gasteiger partial charge in [0.1, 0.15) is 0 Å². The molecule has 0 bridgehead atoms. The van der Waals surface area contributed by atoms with Gasteiger partial charge in [-0.1, -0.05) is 20.8 Å². The van der Waals surface area contributed by atoms with Gasteiger partial charge >= 0.3 is 0 Å². The lowest BCUT2D eigenvalue weighted by molar-refractivity contribution is 0.162. The van der Waals surface area contributed by atoms with Crippen LogP contribution in [-0.2, 0) is 0 Å². The Morgan fingerprint density at radius 1 is 1.23 bits per heavy atom. The summed E-state index contributed by atoms with van der Waals surface area (Å²) in [5, 5.41) is 0. The van der Waals surface area contributed by atoms with Crippen LogP contribution >= 0.6 is 0 Å². The van der Waals surface area contributed by atoms with E-state index in [2.05, 4.69) is 25.7 Å². The number of fused-ring (bicyclic) bond motifs is 3. The second-order valence-electron chi connectivity index (χ2n) is 6.41. The van der Waals surface area contributed by atoms with Gasteiger partial charge in [0.25, 0.3) is 0 Å². The molecular formula is C12H21N. The maximum atomic E-state index is 2.77. The standard InChI is InChI=1S/C12H21N/c1-12(2,3)10-4-5-13-7-8-6-9(8)11(10)13/h8-11H,4-7H2,1-3H3. The van der Waals surface area contributed by atoms with Gasteiger partial charge in [-0.15, -0.1) is 0 Å². The largest absolute Gasteiger partial charge is 0.300 e. The first kappa shape index (κ1) is 8.28. The summed E-state index contributed by atoms with van der Waals surface area (Å²) in [6, 6.07) is 0.977. The van der Waals surface area contributed by atoms with Gasteiger partial charge in [-0.3, -0.25) is 4.90 Å². The molecule has 1 nitrogen and oxygen atoms in total. The molecule has 0 aromatic rings. The summed E-state index contributed by atoms with van der Waals surface area (Å²) in [6.45, 7) is 10.1. The fraction of sp³-hybridized carbons (Fsp3) is 1.00. The smallest absolute Gasteiger partial charge is 0.0161 e. The van der Waals surface area contributed by atoms with Gasteiger partial charge in [-0.25, -0.2) is 0 Å². The van der Waals surface area contributed by atoms with Crippen LogP contribution in [0.25, 0.3) is 0 Å². The fourth-order valence-corrected chi connectivity index (χ4v) is 3.81. The van der Waals surface area contributed by atoms with Crippen LogP contribution in [0.1, 0.15) is 33.6 Å². The van der Waals surface area contributed by atoms with Crippen LogP contribution in [-0.4, -0.2) is 24.0 Å². The third-order valence-corrected chi connectivity index (χ3v) is 4.56. The molecule has 74 valence electrons. The highest BCUT2D eigenvalue weighted by atomic mass is 15.2. The van der Waals surface area contributed by atoms with Crippen molar-refractivity contribution in [2.75, 3.05) is 13.1 Å². The van der Waals surface area contributed by atoms with Crippen LogP contribution < -0.4 is 0 Å². The van der Waals surface area contributed by atoms with Crippen molar-refractivity contribution < 1.29 is 0 Å². The Labute approximate surface area is 81.5 Å². The molecule has 4 unspecified atom stereocenters. The minimum Gasteiger partial charge on any atom is -0.300 e. The minimum atomic E-state index is 0.539. The lowest BCUT2D eigenvalue weighted by atomic mass is 9.75. The summed E-state index contributed by atoms with van der Waals surface area (Å²) in [6.07, 6.45) is 3.01. The van der Waals surface area contributed by atoms with Gasteiger partial charge in [-0.05, 0) is 42.6 Å². The Hall–Kier alpha value is -0.0400. The van der Waals surface area contributed by atoms with Crippen LogP contribution in [0.15, 0.2) is 0 Å². The molecule has 1 aliphatic carbocycles. The number of piperidine rings is 1. The third-order valence-electron chi connectivity index (χ3n) is 4.56. The van der Waals surface area contributed by atoms with E-state index in [0.29, 0.717) is 5.41 Å². The zero-order chi connectivity index (χ0) is 9.22. The average Bonchev–Trinajstić information content (AvgIpc) is 2.51. The van der Waals surface area contributed by atoms with E-state index in [1.165, 1.54) is 19.5 Å². The average molecular weight is 179 g/mol. The van der Waals surface area contributed by atoms with Crippen LogP contribution in [0, 0.1) is 23.2 Å². The molecule has 2 aliphatic heterocycles. The summed E-state index contributed by atoms with van der Waals surface area (Å²) in [7, 11) is 0. The van der Waals surface area contributed by atoms with Gasteiger partial charge in [0.05, 0.1) is 0 Å². The summed E-state index contributed by atoms with van der Waals surface area (Å²) in [5.74, 6) is 3.19. The molecule has 0 amide bonds. The quantitative estimate of drug-likeness (QED) is 0.552. The Kier molecular flexibility index (Phi) is 1.47. The Morgan fingerprint density at radius 2 is 2.00 bits per heavy atom. The first-order valence-electron chi connectivity index (χ1n) is 5.81. The Balaban J connectivity index is 1.83. The Bertz CT molecular complexity index is 228. The third kappa shape index (κ3) is 1.09. The van der Waals surface area contributed by atoms with E-state index in [1.807, 2.05) is 0 Å². The van der Waals surface area contributed by atoms with E-state index >= 15 is 0 Å². The number of nitrogens with zero attached hydrogens (tertiary/aromatic N) is 1. The van der Waals surface area contributed by atoms with Crippen LogP contribution in [0.4, 0.5) is 0 Å². The van der Waals surface area contributed by atoms with E-state index in [0.717, 1.165) is 23.8 Å². The van der Waals surface area contributed by atoms with E-state index < -0.39 is 0 Å². The van der Waals surface area contributed by atoms with Crippen molar-refractivity contribution in [1.82, 2.24) is 4.90 Å². The molecule has 1 heteroatoms. The second-order valence-corrected chi connectivity index (χ2v) is 6.41. The van der Waals surface area contributed by atoms with Crippen molar-refractivity contribution >= 4 is 0 Å². The minimum absolute atomic E-state index is 0.539. The van der Waals surface area contributed by atoms with Crippen LogP contribution in [0.2, 0.25) is 0 Å². The predicted molar refractivity (Wildman–Crippen MR) is 54.5 cm³/mol. The van der Waals surface area contributed by atoms with Crippen molar-refractivity contribution in [3.05, 3.63) is 0 Å². The maximum Gasteiger partial charge on any atom is 0.0161 e.